The Morgan fingerprint density at radius 1 is 1.23 bits per heavy atom. The lowest BCUT2D eigenvalue weighted by atomic mass is 10.00. The van der Waals surface area contributed by atoms with E-state index in [0.717, 1.165) is 11.3 Å². The fourth-order valence-electron chi connectivity index (χ4n) is 2.43. The number of aliphatic hydroxyl groups excluding tert-OH is 1. The monoisotopic (exact) mass is 297 g/mol. The Labute approximate surface area is 127 Å². The maximum Gasteiger partial charge on any atom is 0.270 e. The Bertz CT molecular complexity index is 744. The van der Waals surface area contributed by atoms with Crippen LogP contribution < -0.4 is 5.32 Å². The van der Waals surface area contributed by atoms with Crippen molar-refractivity contribution in [2.75, 3.05) is 5.32 Å². The summed E-state index contributed by atoms with van der Waals surface area (Å²) in [4.78, 5) is 15.0. The van der Waals surface area contributed by atoms with Gasteiger partial charge in [-0.2, -0.15) is 0 Å². The summed E-state index contributed by atoms with van der Waals surface area (Å²) in [6.45, 7) is 1.81. The van der Waals surface area contributed by atoms with E-state index >= 15 is 0 Å². The molecule has 0 bridgehead atoms. The molecule has 0 saturated carbocycles. The predicted octanol–water partition coefficient (Wildman–Crippen LogP) is 2.56. The molecule has 0 saturated heterocycles. The van der Waals surface area contributed by atoms with Crippen molar-refractivity contribution in [1.29, 1.82) is 0 Å². The van der Waals surface area contributed by atoms with Gasteiger partial charge in [-0.15, -0.1) is 0 Å². The largest absolute Gasteiger partial charge is 0.377 e. The molecule has 112 valence electrons. The summed E-state index contributed by atoms with van der Waals surface area (Å²) in [6.07, 6.45) is -0.929. The van der Waals surface area contributed by atoms with Crippen molar-refractivity contribution < 1.29 is 10.0 Å². The highest BCUT2D eigenvalue weighted by Crippen LogP contribution is 2.28. The van der Waals surface area contributed by atoms with Gasteiger partial charge in [0.05, 0.1) is 16.7 Å². The predicted molar refractivity (Wildman–Crippen MR) is 84.3 cm³/mol. The maximum absolute atomic E-state index is 11.0. The van der Waals surface area contributed by atoms with Crippen molar-refractivity contribution >= 4 is 17.1 Å². The van der Waals surface area contributed by atoms with Gasteiger partial charge in [-0.1, -0.05) is 30.3 Å². The van der Waals surface area contributed by atoms with Gasteiger partial charge in [0.25, 0.3) is 5.69 Å². The van der Waals surface area contributed by atoms with Gasteiger partial charge in [-0.05, 0) is 13.0 Å². The standard InChI is InChI=1S/C16H15N3O3/c1-10-16(20)18-15(11-5-3-2-4-6-11)13-9-12(19(21)22)7-8-14(13)17-10/h2-10,16-17,20H,1H3. The number of benzodiazepines with no additional fused rings is 1. The Morgan fingerprint density at radius 3 is 2.64 bits per heavy atom. The minimum Gasteiger partial charge on any atom is -0.377 e. The maximum atomic E-state index is 11.0. The van der Waals surface area contributed by atoms with E-state index in [9.17, 15) is 15.2 Å². The first kappa shape index (κ1) is 14.2. The lowest BCUT2D eigenvalue weighted by Gasteiger charge is -2.15. The molecule has 0 fully saturated rings. The number of hydrogen-bond donors (Lipinski definition) is 2. The molecule has 2 atom stereocenters. The van der Waals surface area contributed by atoms with Gasteiger partial charge in [0.1, 0.15) is 0 Å². The van der Waals surface area contributed by atoms with E-state index in [1.54, 1.807) is 6.07 Å². The first-order valence-corrected chi connectivity index (χ1v) is 6.93. The van der Waals surface area contributed by atoms with Crippen LogP contribution in [0, 0.1) is 10.1 Å². The quantitative estimate of drug-likeness (QED) is 0.658. The van der Waals surface area contributed by atoms with Crippen LogP contribution in [0.2, 0.25) is 0 Å². The highest BCUT2D eigenvalue weighted by atomic mass is 16.6. The van der Waals surface area contributed by atoms with Crippen molar-refractivity contribution in [3.8, 4) is 0 Å². The molecule has 2 aromatic carbocycles. The molecule has 2 aromatic rings. The molecule has 2 unspecified atom stereocenters. The van der Waals surface area contributed by atoms with Crippen molar-refractivity contribution in [1.82, 2.24) is 0 Å². The van der Waals surface area contributed by atoms with Gasteiger partial charge in [0, 0.05) is 28.9 Å². The Balaban J connectivity index is 2.21. The van der Waals surface area contributed by atoms with Gasteiger partial charge < -0.3 is 10.4 Å². The summed E-state index contributed by atoms with van der Waals surface area (Å²) in [5, 5.41) is 24.3. The third-order valence-corrected chi connectivity index (χ3v) is 3.61. The smallest absolute Gasteiger partial charge is 0.270 e. The molecule has 1 aliphatic heterocycles. The minimum atomic E-state index is -0.929. The third-order valence-electron chi connectivity index (χ3n) is 3.61. The normalized spacial score (nSPS) is 20.4. The van der Waals surface area contributed by atoms with Crippen LogP contribution in [0.3, 0.4) is 0 Å². The summed E-state index contributed by atoms with van der Waals surface area (Å²) in [6, 6.07) is 13.6. The number of nitrogens with zero attached hydrogens (tertiary/aromatic N) is 2. The summed E-state index contributed by atoms with van der Waals surface area (Å²) in [5.74, 6) is 0. The molecule has 6 nitrogen and oxygen atoms in total. The molecule has 6 heteroatoms. The zero-order chi connectivity index (χ0) is 15.7. The van der Waals surface area contributed by atoms with Crippen molar-refractivity contribution in [2.45, 2.75) is 19.2 Å². The van der Waals surface area contributed by atoms with Crippen LogP contribution in [0.25, 0.3) is 0 Å². The minimum absolute atomic E-state index is 0.00627. The second-order valence-corrected chi connectivity index (χ2v) is 5.18. The van der Waals surface area contributed by atoms with E-state index < -0.39 is 11.2 Å². The molecule has 1 heterocycles. The third kappa shape index (κ3) is 2.56. The second kappa shape index (κ2) is 5.57. The van der Waals surface area contributed by atoms with Gasteiger partial charge in [0.15, 0.2) is 6.23 Å². The van der Waals surface area contributed by atoms with Crippen LogP contribution in [0.15, 0.2) is 53.5 Å². The van der Waals surface area contributed by atoms with Crippen LogP contribution in [-0.2, 0) is 0 Å². The van der Waals surface area contributed by atoms with Crippen LogP contribution >= 0.6 is 0 Å². The van der Waals surface area contributed by atoms with E-state index in [1.807, 2.05) is 37.3 Å². The first-order chi connectivity index (χ1) is 10.6. The molecule has 1 aliphatic rings. The fraction of sp³-hybridized carbons (Fsp3) is 0.188. The number of nitrogens with one attached hydrogen (secondary N) is 1. The first-order valence-electron chi connectivity index (χ1n) is 6.93. The van der Waals surface area contributed by atoms with E-state index in [1.165, 1.54) is 12.1 Å². The van der Waals surface area contributed by atoms with Gasteiger partial charge >= 0.3 is 0 Å². The van der Waals surface area contributed by atoms with Crippen molar-refractivity contribution in [3.05, 3.63) is 69.8 Å². The molecular formula is C16H15N3O3. The van der Waals surface area contributed by atoms with Crippen molar-refractivity contribution in [2.24, 2.45) is 4.99 Å². The summed E-state index contributed by atoms with van der Waals surface area (Å²) >= 11 is 0. The fourth-order valence-corrected chi connectivity index (χ4v) is 2.43. The SMILES string of the molecule is CC1Nc2ccc([N+](=O)[O-])cc2C(c2ccccc2)=NC1O. The highest BCUT2D eigenvalue weighted by Gasteiger charge is 2.24. The lowest BCUT2D eigenvalue weighted by Crippen LogP contribution is -2.28. The number of fused-ring (bicyclic) bond motifs is 1. The van der Waals surface area contributed by atoms with Gasteiger partial charge in [-0.25, -0.2) is 0 Å². The summed E-state index contributed by atoms with van der Waals surface area (Å²) in [7, 11) is 0. The van der Waals surface area contributed by atoms with Gasteiger partial charge in [-0.3, -0.25) is 15.1 Å². The van der Waals surface area contributed by atoms with Crippen LogP contribution in [0.1, 0.15) is 18.1 Å². The average molecular weight is 297 g/mol. The number of rotatable bonds is 2. The molecule has 0 aliphatic carbocycles. The Kier molecular flexibility index (Phi) is 3.60. The molecule has 0 amide bonds. The van der Waals surface area contributed by atoms with Crippen LogP contribution in [0.5, 0.6) is 0 Å². The number of non-ortho nitro benzene ring substituents is 1. The molecule has 0 aromatic heterocycles. The Hall–Kier alpha value is -2.73. The average Bonchev–Trinajstić information content (AvgIpc) is 2.65. The number of hydrogen-bond acceptors (Lipinski definition) is 5. The van der Waals surface area contributed by atoms with E-state index in [-0.39, 0.29) is 11.7 Å². The number of nitro groups is 1. The summed E-state index contributed by atoms with van der Waals surface area (Å²) in [5.41, 5.74) is 2.68. The molecule has 22 heavy (non-hydrogen) atoms. The number of benzene rings is 2. The number of nitro benzene ring substituents is 1. The van der Waals surface area contributed by atoms with Gasteiger partial charge in [0.2, 0.25) is 0 Å². The number of aliphatic hydroxyl groups is 1. The number of anilines is 1. The second-order valence-electron chi connectivity index (χ2n) is 5.18. The molecular weight excluding hydrogens is 282 g/mol. The summed E-state index contributed by atoms with van der Waals surface area (Å²) < 4.78 is 0. The zero-order valence-corrected chi connectivity index (χ0v) is 11.9. The molecule has 0 radical (unpaired) electrons. The molecule has 2 N–H and O–H groups in total. The van der Waals surface area contributed by atoms with E-state index in [2.05, 4.69) is 10.3 Å². The topological polar surface area (TPSA) is 87.8 Å². The molecule has 0 spiro atoms. The zero-order valence-electron chi connectivity index (χ0n) is 11.9. The highest BCUT2D eigenvalue weighted by molar-refractivity contribution is 6.16. The van der Waals surface area contributed by atoms with Crippen LogP contribution in [-0.4, -0.2) is 28.0 Å². The number of aliphatic imine (C=N–C) groups is 1. The molecule has 3 rings (SSSR count). The van der Waals surface area contributed by atoms with Crippen molar-refractivity contribution in [3.63, 3.8) is 0 Å². The van der Waals surface area contributed by atoms with E-state index in [4.69, 9.17) is 0 Å². The van der Waals surface area contributed by atoms with Crippen LogP contribution in [0.4, 0.5) is 11.4 Å². The lowest BCUT2D eigenvalue weighted by molar-refractivity contribution is -0.384. The van der Waals surface area contributed by atoms with E-state index in [0.29, 0.717) is 11.3 Å². The Morgan fingerprint density at radius 2 is 1.95 bits per heavy atom.